The number of fused-ring (bicyclic) bond motifs is 2. The van der Waals surface area contributed by atoms with Gasteiger partial charge in [-0.25, -0.2) is 0 Å². The van der Waals surface area contributed by atoms with Crippen LogP contribution in [-0.2, 0) is 0 Å². The van der Waals surface area contributed by atoms with Gasteiger partial charge in [-0.2, -0.15) is 0 Å². The summed E-state index contributed by atoms with van der Waals surface area (Å²) in [4.78, 5) is 18.3. The summed E-state index contributed by atoms with van der Waals surface area (Å²) < 4.78 is 0. The minimum absolute atomic E-state index is 0.122. The Balaban J connectivity index is 1.71. The number of aliphatic imine (C=N–C) groups is 1. The fraction of sp³-hybridized carbons (Fsp3) is 0.0769. The van der Waals surface area contributed by atoms with Gasteiger partial charge in [0.2, 0.25) is 0 Å². The van der Waals surface area contributed by atoms with Gasteiger partial charge in [0.25, 0.3) is 0 Å². The smallest absolute Gasteiger partial charge is 0.176 e. The molecule has 1 aliphatic rings. The van der Waals surface area contributed by atoms with E-state index in [1.165, 1.54) is 5.39 Å². The van der Waals surface area contributed by atoms with Crippen LogP contribution in [0.25, 0.3) is 10.8 Å². The summed E-state index contributed by atoms with van der Waals surface area (Å²) in [6, 6.07) is 30.4. The fourth-order valence-electron chi connectivity index (χ4n) is 4.01. The predicted molar refractivity (Wildman–Crippen MR) is 115 cm³/mol. The molecular weight excluding hydrogens is 342 g/mol. The molecule has 2 nitrogen and oxygen atoms in total. The second-order valence-electron chi connectivity index (χ2n) is 7.29. The van der Waals surface area contributed by atoms with E-state index in [1.807, 2.05) is 48.5 Å². The Morgan fingerprint density at radius 2 is 1.46 bits per heavy atom. The lowest BCUT2D eigenvalue weighted by Crippen LogP contribution is -2.13. The van der Waals surface area contributed by atoms with Crippen molar-refractivity contribution < 1.29 is 4.79 Å². The molecule has 0 radical (unpaired) electrons. The number of ketones is 1. The highest BCUT2D eigenvalue weighted by Crippen LogP contribution is 2.37. The molecule has 0 amide bonds. The summed E-state index contributed by atoms with van der Waals surface area (Å²) in [5.74, 6) is -0.250. The third-order valence-corrected chi connectivity index (χ3v) is 5.36. The highest BCUT2D eigenvalue weighted by molar-refractivity contribution is 6.32. The number of Topliss-reactive ketones (excluding diaryl/α,β-unsaturated/α-hetero) is 1. The number of benzene rings is 4. The maximum absolute atomic E-state index is 13.3. The third kappa shape index (κ3) is 2.74. The van der Waals surface area contributed by atoms with E-state index in [1.54, 1.807) is 0 Å². The summed E-state index contributed by atoms with van der Waals surface area (Å²) in [5.41, 5.74) is 5.55. The molecule has 4 aromatic rings. The summed E-state index contributed by atoms with van der Waals surface area (Å²) in [5, 5.41) is 2.31. The van der Waals surface area contributed by atoms with Gasteiger partial charge in [0.05, 0.1) is 17.3 Å². The predicted octanol–water partition coefficient (Wildman–Crippen LogP) is 6.25. The van der Waals surface area contributed by atoms with Gasteiger partial charge in [-0.1, -0.05) is 78.9 Å². The van der Waals surface area contributed by atoms with Crippen LogP contribution in [0.3, 0.4) is 0 Å². The Kier molecular flexibility index (Phi) is 3.91. The lowest BCUT2D eigenvalue weighted by atomic mass is 9.91. The Morgan fingerprint density at radius 3 is 2.29 bits per heavy atom. The molecule has 0 aromatic heterocycles. The van der Waals surface area contributed by atoms with E-state index < -0.39 is 0 Å². The average molecular weight is 361 g/mol. The topological polar surface area (TPSA) is 29.4 Å². The quantitative estimate of drug-likeness (QED) is 0.415. The van der Waals surface area contributed by atoms with E-state index in [-0.39, 0.29) is 11.7 Å². The Labute approximate surface area is 164 Å². The molecule has 2 heteroatoms. The molecule has 0 spiro atoms. The van der Waals surface area contributed by atoms with E-state index in [2.05, 4.69) is 49.4 Å². The van der Waals surface area contributed by atoms with Crippen molar-refractivity contribution in [2.75, 3.05) is 0 Å². The van der Waals surface area contributed by atoms with Gasteiger partial charge in [0, 0.05) is 11.1 Å². The van der Waals surface area contributed by atoms with Crippen molar-refractivity contribution in [2.45, 2.75) is 12.8 Å². The van der Waals surface area contributed by atoms with Gasteiger partial charge in [0.1, 0.15) is 0 Å². The summed E-state index contributed by atoms with van der Waals surface area (Å²) in [7, 11) is 0. The first-order valence-corrected chi connectivity index (χ1v) is 9.48. The molecule has 5 rings (SSSR count). The molecule has 1 atom stereocenters. The average Bonchev–Trinajstić information content (AvgIpc) is 3.00. The van der Waals surface area contributed by atoms with Crippen molar-refractivity contribution in [1.82, 2.24) is 0 Å². The molecule has 0 aliphatic heterocycles. The van der Waals surface area contributed by atoms with Gasteiger partial charge in [-0.3, -0.25) is 9.79 Å². The van der Waals surface area contributed by atoms with E-state index in [0.717, 1.165) is 39.0 Å². The molecule has 4 aromatic carbocycles. The zero-order valence-corrected chi connectivity index (χ0v) is 15.6. The molecule has 0 fully saturated rings. The van der Waals surface area contributed by atoms with Crippen molar-refractivity contribution in [3.63, 3.8) is 0 Å². The number of rotatable bonds is 2. The number of aryl methyl sites for hydroxylation is 1. The van der Waals surface area contributed by atoms with Crippen LogP contribution in [0, 0.1) is 6.92 Å². The van der Waals surface area contributed by atoms with E-state index >= 15 is 0 Å². The maximum atomic E-state index is 13.3. The van der Waals surface area contributed by atoms with E-state index in [0.29, 0.717) is 0 Å². The molecule has 134 valence electrons. The van der Waals surface area contributed by atoms with Gasteiger partial charge in [-0.05, 0) is 41.0 Å². The third-order valence-electron chi connectivity index (χ3n) is 5.36. The highest BCUT2D eigenvalue weighted by atomic mass is 16.1. The zero-order valence-electron chi connectivity index (χ0n) is 15.6. The van der Waals surface area contributed by atoms with Crippen LogP contribution in [0.1, 0.15) is 33.0 Å². The molecule has 0 unspecified atom stereocenters. The normalized spacial score (nSPS) is 17.2. The van der Waals surface area contributed by atoms with Crippen LogP contribution in [0.4, 0.5) is 5.69 Å². The van der Waals surface area contributed by atoms with Crippen LogP contribution in [0.5, 0.6) is 0 Å². The van der Waals surface area contributed by atoms with Crippen molar-refractivity contribution in [3.05, 3.63) is 113 Å². The van der Waals surface area contributed by atoms with Crippen LogP contribution >= 0.6 is 0 Å². The molecule has 1 aliphatic carbocycles. The Morgan fingerprint density at radius 1 is 0.714 bits per heavy atom. The molecule has 0 bridgehead atoms. The first kappa shape index (κ1) is 16.6. The van der Waals surface area contributed by atoms with Crippen molar-refractivity contribution >= 4 is 28.0 Å². The molecular formula is C26H19NO. The van der Waals surface area contributed by atoms with Crippen LogP contribution in [-0.4, -0.2) is 11.5 Å². The monoisotopic (exact) mass is 361 g/mol. The largest absolute Gasteiger partial charge is 0.293 e. The van der Waals surface area contributed by atoms with Gasteiger partial charge >= 0.3 is 0 Å². The highest BCUT2D eigenvalue weighted by Gasteiger charge is 2.37. The Bertz CT molecular complexity index is 1250. The minimum Gasteiger partial charge on any atom is -0.293 e. The van der Waals surface area contributed by atoms with Gasteiger partial charge < -0.3 is 0 Å². The number of nitrogens with zero attached hydrogens (tertiary/aromatic N) is 1. The molecule has 0 saturated carbocycles. The molecule has 28 heavy (non-hydrogen) atoms. The first-order chi connectivity index (χ1) is 13.7. The second-order valence-corrected chi connectivity index (χ2v) is 7.29. The standard InChI is InChI=1S/C26H19NO/c1-17-7-6-10-21(15-17)27-25-22-11-4-5-12-23(22)26(28)24(25)20-14-13-18-8-2-3-9-19(18)16-20/h2-16,24H,1H3/t24-/m1/s1. The first-order valence-electron chi connectivity index (χ1n) is 9.48. The SMILES string of the molecule is Cc1cccc(N=C2c3ccccc3C(=O)[C@@H]2c2ccc3ccccc3c2)c1. The minimum atomic E-state index is -0.373. The number of carbonyl (C=O) groups is 1. The van der Waals surface area contributed by atoms with Gasteiger partial charge in [-0.15, -0.1) is 0 Å². The fourth-order valence-corrected chi connectivity index (χ4v) is 4.01. The van der Waals surface area contributed by atoms with Crippen LogP contribution in [0.15, 0.2) is 96.0 Å². The van der Waals surface area contributed by atoms with Crippen molar-refractivity contribution in [1.29, 1.82) is 0 Å². The number of hydrogen-bond acceptors (Lipinski definition) is 2. The lowest BCUT2D eigenvalue weighted by Gasteiger charge is -2.12. The number of hydrogen-bond donors (Lipinski definition) is 0. The molecule has 0 N–H and O–H groups in total. The summed E-state index contributed by atoms with van der Waals surface area (Å²) in [6.07, 6.45) is 0. The van der Waals surface area contributed by atoms with Gasteiger partial charge in [0.15, 0.2) is 5.78 Å². The van der Waals surface area contributed by atoms with Crippen molar-refractivity contribution in [3.8, 4) is 0 Å². The molecule has 0 saturated heterocycles. The van der Waals surface area contributed by atoms with E-state index in [9.17, 15) is 4.79 Å². The summed E-state index contributed by atoms with van der Waals surface area (Å²) in [6.45, 7) is 2.05. The van der Waals surface area contributed by atoms with Crippen LogP contribution < -0.4 is 0 Å². The lowest BCUT2D eigenvalue weighted by molar-refractivity contribution is 0.0988. The second kappa shape index (κ2) is 6.58. The van der Waals surface area contributed by atoms with Crippen molar-refractivity contribution in [2.24, 2.45) is 4.99 Å². The van der Waals surface area contributed by atoms with Crippen LogP contribution in [0.2, 0.25) is 0 Å². The van der Waals surface area contributed by atoms with E-state index in [4.69, 9.17) is 4.99 Å². The number of carbonyl (C=O) groups excluding carboxylic acids is 1. The maximum Gasteiger partial charge on any atom is 0.176 e. The summed E-state index contributed by atoms with van der Waals surface area (Å²) >= 11 is 0. The molecule has 0 heterocycles. The Hall–Kier alpha value is -3.52. The zero-order chi connectivity index (χ0) is 19.1.